The van der Waals surface area contributed by atoms with Gasteiger partial charge in [0, 0.05) is 52.2 Å². The van der Waals surface area contributed by atoms with Gasteiger partial charge in [-0.05, 0) is 24.3 Å². The van der Waals surface area contributed by atoms with Gasteiger partial charge in [-0.15, -0.1) is 0 Å². The van der Waals surface area contributed by atoms with Crippen LogP contribution in [-0.4, -0.2) is 72.2 Å². The van der Waals surface area contributed by atoms with Crippen LogP contribution in [0.25, 0.3) is 11.4 Å². The van der Waals surface area contributed by atoms with Crippen molar-refractivity contribution in [3.63, 3.8) is 0 Å². The first-order valence-corrected chi connectivity index (χ1v) is 11.3. The fraction of sp³-hybridized carbons (Fsp3) is 0.583. The Kier molecular flexibility index (Phi) is 8.39. The van der Waals surface area contributed by atoms with E-state index in [0.717, 1.165) is 18.4 Å². The summed E-state index contributed by atoms with van der Waals surface area (Å²) >= 11 is 0. The summed E-state index contributed by atoms with van der Waals surface area (Å²) in [5.74, 6) is 1.38. The molecule has 174 valence electrons. The van der Waals surface area contributed by atoms with Crippen molar-refractivity contribution in [2.75, 3.05) is 40.4 Å². The Morgan fingerprint density at radius 1 is 1.28 bits per heavy atom. The molecule has 1 unspecified atom stereocenters. The molecule has 3 rings (SSSR count). The first kappa shape index (κ1) is 23.9. The normalized spacial score (nSPS) is 16.4. The second-order valence-corrected chi connectivity index (χ2v) is 8.72. The lowest BCUT2D eigenvalue weighted by atomic mass is 9.96. The van der Waals surface area contributed by atoms with Gasteiger partial charge in [0.2, 0.25) is 23.5 Å². The zero-order valence-corrected chi connectivity index (χ0v) is 19.5. The molecule has 8 heteroatoms. The van der Waals surface area contributed by atoms with Crippen LogP contribution in [0.1, 0.15) is 50.5 Å². The summed E-state index contributed by atoms with van der Waals surface area (Å²) in [6.07, 6.45) is 2.31. The highest BCUT2D eigenvalue weighted by molar-refractivity contribution is 5.81. The maximum absolute atomic E-state index is 12.8. The quantitative estimate of drug-likeness (QED) is 0.593. The van der Waals surface area contributed by atoms with Crippen molar-refractivity contribution in [3.05, 3.63) is 35.7 Å². The average molecular weight is 443 g/mol. The van der Waals surface area contributed by atoms with E-state index < -0.39 is 0 Å². The fourth-order valence-electron chi connectivity index (χ4n) is 3.92. The van der Waals surface area contributed by atoms with Gasteiger partial charge >= 0.3 is 0 Å². The predicted octanol–water partition coefficient (Wildman–Crippen LogP) is 3.14. The number of likely N-dealkylation sites (tertiary alicyclic amines) is 1. The minimum Gasteiger partial charge on any atom is -0.383 e. The van der Waals surface area contributed by atoms with Crippen molar-refractivity contribution < 1.29 is 18.8 Å². The number of amides is 2. The molecule has 2 amide bonds. The second kappa shape index (κ2) is 11.2. The number of ether oxygens (including phenoxy) is 1. The van der Waals surface area contributed by atoms with E-state index in [-0.39, 0.29) is 24.2 Å². The highest BCUT2D eigenvalue weighted by Gasteiger charge is 2.30. The number of aryl methyl sites for hydroxylation is 1. The lowest BCUT2D eigenvalue weighted by Gasteiger charge is -2.34. The fourth-order valence-corrected chi connectivity index (χ4v) is 3.92. The molecule has 1 aromatic carbocycles. The molecule has 8 nitrogen and oxygen atoms in total. The molecule has 0 radical (unpaired) electrons. The van der Waals surface area contributed by atoms with Gasteiger partial charge in [0.15, 0.2) is 0 Å². The number of hydrogen-bond acceptors (Lipinski definition) is 6. The Balaban J connectivity index is 1.51. The van der Waals surface area contributed by atoms with E-state index >= 15 is 0 Å². The molecule has 2 heterocycles. The summed E-state index contributed by atoms with van der Waals surface area (Å²) in [5, 5.41) is 4.06. The molecule has 0 bridgehead atoms. The van der Waals surface area contributed by atoms with E-state index in [4.69, 9.17) is 9.26 Å². The lowest BCUT2D eigenvalue weighted by molar-refractivity contribution is -0.140. The predicted molar refractivity (Wildman–Crippen MR) is 121 cm³/mol. The Bertz CT molecular complexity index is 894. The molecule has 1 saturated heterocycles. The molecular formula is C24H34N4O4. The van der Waals surface area contributed by atoms with Gasteiger partial charge in [-0.25, -0.2) is 0 Å². The van der Waals surface area contributed by atoms with E-state index in [9.17, 15) is 9.59 Å². The summed E-state index contributed by atoms with van der Waals surface area (Å²) < 4.78 is 10.4. The van der Waals surface area contributed by atoms with E-state index in [0.29, 0.717) is 50.3 Å². The van der Waals surface area contributed by atoms with Crippen LogP contribution in [0.3, 0.4) is 0 Å². The van der Waals surface area contributed by atoms with Gasteiger partial charge in [-0.3, -0.25) is 9.59 Å². The van der Waals surface area contributed by atoms with Crippen LogP contribution in [0.4, 0.5) is 0 Å². The Morgan fingerprint density at radius 3 is 2.72 bits per heavy atom. The Labute approximate surface area is 189 Å². The summed E-state index contributed by atoms with van der Waals surface area (Å²) in [7, 11) is 3.40. The highest BCUT2D eigenvalue weighted by Crippen LogP contribution is 2.22. The summed E-state index contributed by atoms with van der Waals surface area (Å²) in [6, 6.07) is 8.12. The van der Waals surface area contributed by atoms with Crippen LogP contribution in [-0.2, 0) is 20.7 Å². The Hall–Kier alpha value is -2.74. The van der Waals surface area contributed by atoms with Crippen molar-refractivity contribution in [2.45, 2.75) is 45.4 Å². The summed E-state index contributed by atoms with van der Waals surface area (Å²) in [4.78, 5) is 33.3. The number of likely N-dealkylation sites (N-methyl/N-ethyl adjacent to an activating group) is 1. The smallest absolute Gasteiger partial charge is 0.227 e. The van der Waals surface area contributed by atoms with Crippen molar-refractivity contribution in [1.82, 2.24) is 19.9 Å². The number of benzene rings is 1. The number of aromatic nitrogens is 2. The zero-order valence-electron chi connectivity index (χ0n) is 19.5. The lowest BCUT2D eigenvalue weighted by Crippen LogP contribution is -2.46. The van der Waals surface area contributed by atoms with E-state index in [2.05, 4.69) is 36.1 Å². The number of methoxy groups -OCH3 is 1. The zero-order chi connectivity index (χ0) is 23.1. The minimum absolute atomic E-state index is 0.0167. The summed E-state index contributed by atoms with van der Waals surface area (Å²) in [5.41, 5.74) is 2.15. The van der Waals surface area contributed by atoms with Crippen LogP contribution in [0, 0.1) is 5.92 Å². The number of rotatable bonds is 9. The molecule has 0 spiro atoms. The largest absolute Gasteiger partial charge is 0.383 e. The van der Waals surface area contributed by atoms with Gasteiger partial charge in [-0.2, -0.15) is 4.98 Å². The molecule has 2 aromatic rings. The van der Waals surface area contributed by atoms with Gasteiger partial charge in [-0.1, -0.05) is 43.3 Å². The third kappa shape index (κ3) is 6.16. The standard InChI is InChI=1S/C24H34N4O4/c1-17(2)18-7-9-19(10-8-18)23-25-21(32-26-23)11-12-22(29)28-13-5-6-20(16-28)24(30)27(3)14-15-31-4/h7-10,17,20H,5-6,11-16H2,1-4H3. The van der Waals surface area contributed by atoms with Gasteiger partial charge in [0.05, 0.1) is 12.5 Å². The molecule has 1 aliphatic rings. The number of hydrogen-bond donors (Lipinski definition) is 0. The monoisotopic (exact) mass is 442 g/mol. The molecule has 32 heavy (non-hydrogen) atoms. The second-order valence-electron chi connectivity index (χ2n) is 8.72. The molecule has 1 aliphatic heterocycles. The molecular weight excluding hydrogens is 408 g/mol. The van der Waals surface area contributed by atoms with Gasteiger partial charge in [0.1, 0.15) is 0 Å². The van der Waals surface area contributed by atoms with Crippen molar-refractivity contribution in [1.29, 1.82) is 0 Å². The van der Waals surface area contributed by atoms with Crippen LogP contribution in [0.2, 0.25) is 0 Å². The third-order valence-electron chi connectivity index (χ3n) is 5.99. The van der Waals surface area contributed by atoms with E-state index in [1.54, 1.807) is 24.0 Å². The Morgan fingerprint density at radius 2 is 2.03 bits per heavy atom. The number of carbonyl (C=O) groups is 2. The SMILES string of the molecule is COCCN(C)C(=O)C1CCCN(C(=O)CCc2nc(-c3ccc(C(C)C)cc3)no2)C1. The van der Waals surface area contributed by atoms with Crippen molar-refractivity contribution in [2.24, 2.45) is 5.92 Å². The molecule has 1 aromatic heterocycles. The van der Waals surface area contributed by atoms with Crippen molar-refractivity contribution in [3.8, 4) is 11.4 Å². The maximum atomic E-state index is 12.8. The van der Waals surface area contributed by atoms with E-state index in [1.807, 2.05) is 12.1 Å². The first-order chi connectivity index (χ1) is 15.4. The van der Waals surface area contributed by atoms with Gasteiger partial charge < -0.3 is 19.1 Å². The van der Waals surface area contributed by atoms with Crippen LogP contribution >= 0.6 is 0 Å². The van der Waals surface area contributed by atoms with Crippen LogP contribution in [0.15, 0.2) is 28.8 Å². The first-order valence-electron chi connectivity index (χ1n) is 11.3. The molecule has 0 N–H and O–H groups in total. The number of carbonyl (C=O) groups excluding carboxylic acids is 2. The number of piperidine rings is 1. The van der Waals surface area contributed by atoms with Gasteiger partial charge in [0.25, 0.3) is 0 Å². The molecule has 1 atom stereocenters. The molecule has 0 saturated carbocycles. The topological polar surface area (TPSA) is 88.8 Å². The van der Waals surface area contributed by atoms with Crippen LogP contribution in [0.5, 0.6) is 0 Å². The highest BCUT2D eigenvalue weighted by atomic mass is 16.5. The third-order valence-corrected chi connectivity index (χ3v) is 5.99. The summed E-state index contributed by atoms with van der Waals surface area (Å²) in [6.45, 7) is 6.51. The number of nitrogens with zero attached hydrogens (tertiary/aromatic N) is 4. The minimum atomic E-state index is -0.154. The maximum Gasteiger partial charge on any atom is 0.227 e. The molecule has 0 aliphatic carbocycles. The van der Waals surface area contributed by atoms with Crippen molar-refractivity contribution >= 4 is 11.8 Å². The van der Waals surface area contributed by atoms with Crippen LogP contribution < -0.4 is 0 Å². The molecule has 1 fully saturated rings. The average Bonchev–Trinajstić information content (AvgIpc) is 3.29. The van der Waals surface area contributed by atoms with E-state index in [1.165, 1.54) is 5.56 Å².